The molecule has 3 amide bonds. The van der Waals surface area contributed by atoms with Gasteiger partial charge in [-0.3, -0.25) is 24.6 Å². The molecule has 0 aromatic heterocycles. The third kappa shape index (κ3) is 3.75. The summed E-state index contributed by atoms with van der Waals surface area (Å²) < 4.78 is 38.6. The summed E-state index contributed by atoms with van der Waals surface area (Å²) in [5, 5.41) is 2.28. The Morgan fingerprint density at radius 3 is 2.41 bits per heavy atom. The van der Waals surface area contributed by atoms with Crippen LogP contribution in [0.25, 0.3) is 0 Å². The van der Waals surface area contributed by atoms with E-state index in [1.54, 1.807) is 6.07 Å². The van der Waals surface area contributed by atoms with Gasteiger partial charge in [-0.2, -0.15) is 0 Å². The average Bonchev–Trinajstić information content (AvgIpc) is 3.03. The number of imide groups is 1. The lowest BCUT2D eigenvalue weighted by Crippen LogP contribution is -2.52. The summed E-state index contributed by atoms with van der Waals surface area (Å²) >= 11 is 0. The highest BCUT2D eigenvalue weighted by Gasteiger charge is 2.39. The third-order valence-corrected chi connectivity index (χ3v) is 6.11. The number of hydrogen-bond acceptors (Lipinski definition) is 4. The Hall–Kier alpha value is -2.42. The van der Waals surface area contributed by atoms with Gasteiger partial charge in [0.1, 0.15) is 6.04 Å². The highest BCUT2D eigenvalue weighted by atomic mass is 19.3. The monoisotopic (exact) mass is 409 g/mol. The van der Waals surface area contributed by atoms with Crippen LogP contribution >= 0.6 is 0 Å². The topological polar surface area (TPSA) is 69.7 Å². The van der Waals surface area contributed by atoms with Gasteiger partial charge in [0.15, 0.2) is 0 Å². The van der Waals surface area contributed by atoms with Gasteiger partial charge in [-0.05, 0) is 42.4 Å². The minimum absolute atomic E-state index is 0.112. The maximum absolute atomic E-state index is 13.5. The number of likely N-dealkylation sites (tertiary alicyclic amines) is 1. The first-order chi connectivity index (χ1) is 13.8. The number of nitrogens with zero attached hydrogens (tertiary/aromatic N) is 2. The first-order valence-electron chi connectivity index (χ1n) is 9.79. The van der Waals surface area contributed by atoms with Crippen LogP contribution in [0.4, 0.5) is 13.2 Å². The molecule has 3 aliphatic heterocycles. The van der Waals surface area contributed by atoms with Gasteiger partial charge < -0.3 is 4.90 Å². The Morgan fingerprint density at radius 2 is 1.76 bits per heavy atom. The molecule has 2 saturated heterocycles. The summed E-state index contributed by atoms with van der Waals surface area (Å²) in [4.78, 5) is 38.9. The Labute approximate surface area is 166 Å². The van der Waals surface area contributed by atoms with E-state index in [1.165, 1.54) is 9.80 Å². The molecule has 0 radical (unpaired) electrons. The van der Waals surface area contributed by atoms with Crippen LogP contribution in [-0.4, -0.2) is 59.4 Å². The van der Waals surface area contributed by atoms with Crippen LogP contribution in [0.2, 0.25) is 0 Å². The summed E-state index contributed by atoms with van der Waals surface area (Å²) in [6, 6.07) is 4.86. The number of fused-ring (bicyclic) bond motifs is 1. The Bertz CT molecular complexity index is 840. The SMILES string of the molecule is O=C1CCC(N2Cc3cc(C4CCN(C(F)C(F)F)CC4)ccc3C2=O)C(=O)N1. The van der Waals surface area contributed by atoms with Gasteiger partial charge in [-0.25, -0.2) is 13.2 Å². The molecule has 2 fully saturated rings. The number of halogens is 3. The zero-order valence-corrected chi connectivity index (χ0v) is 15.7. The second kappa shape index (κ2) is 7.78. The van der Waals surface area contributed by atoms with Crippen LogP contribution in [-0.2, 0) is 16.1 Å². The standard InChI is InChI=1S/C20H22F3N3O3/c21-17(22)18(23)25-7-5-11(6-8-25)12-1-2-14-13(9-12)10-26(20(14)29)15-3-4-16(27)24-19(15)28/h1-2,9,11,15,17-18H,3-8,10H2,(H,24,27,28). The molecule has 3 heterocycles. The lowest BCUT2D eigenvalue weighted by Gasteiger charge is -2.33. The van der Waals surface area contributed by atoms with Crippen molar-refractivity contribution in [2.45, 2.75) is 56.9 Å². The first kappa shape index (κ1) is 19.9. The number of hydrogen-bond donors (Lipinski definition) is 1. The van der Waals surface area contributed by atoms with E-state index >= 15 is 0 Å². The van der Waals surface area contributed by atoms with Crippen molar-refractivity contribution in [3.63, 3.8) is 0 Å². The molecule has 156 valence electrons. The second-order valence-electron chi connectivity index (χ2n) is 7.83. The molecule has 0 saturated carbocycles. The zero-order chi connectivity index (χ0) is 20.7. The molecular weight excluding hydrogens is 387 g/mol. The van der Waals surface area contributed by atoms with E-state index in [2.05, 4.69) is 5.32 Å². The van der Waals surface area contributed by atoms with Gasteiger partial charge >= 0.3 is 0 Å². The smallest absolute Gasteiger partial charge is 0.282 e. The van der Waals surface area contributed by atoms with E-state index < -0.39 is 24.7 Å². The highest BCUT2D eigenvalue weighted by molar-refractivity contribution is 6.05. The van der Waals surface area contributed by atoms with Crippen LogP contribution in [0.1, 0.15) is 53.1 Å². The maximum atomic E-state index is 13.5. The van der Waals surface area contributed by atoms with Gasteiger partial charge in [0, 0.05) is 31.6 Å². The Morgan fingerprint density at radius 1 is 1.03 bits per heavy atom. The molecule has 1 aromatic rings. The predicted molar refractivity (Wildman–Crippen MR) is 96.9 cm³/mol. The molecule has 0 bridgehead atoms. The van der Waals surface area contributed by atoms with Crippen LogP contribution in [0.3, 0.4) is 0 Å². The Balaban J connectivity index is 1.44. The van der Waals surface area contributed by atoms with Crippen LogP contribution < -0.4 is 5.32 Å². The van der Waals surface area contributed by atoms with Gasteiger partial charge in [-0.15, -0.1) is 0 Å². The van der Waals surface area contributed by atoms with E-state index in [0.29, 0.717) is 31.4 Å². The summed E-state index contributed by atoms with van der Waals surface area (Å²) in [6.45, 7) is 0.814. The van der Waals surface area contributed by atoms with E-state index in [4.69, 9.17) is 0 Å². The molecule has 0 aliphatic carbocycles. The fourth-order valence-electron chi connectivity index (χ4n) is 4.49. The quantitative estimate of drug-likeness (QED) is 0.612. The van der Waals surface area contributed by atoms with Gasteiger partial charge in [-0.1, -0.05) is 12.1 Å². The van der Waals surface area contributed by atoms with Crippen molar-refractivity contribution in [2.75, 3.05) is 13.1 Å². The zero-order valence-electron chi connectivity index (χ0n) is 15.7. The van der Waals surface area contributed by atoms with E-state index in [1.807, 2.05) is 12.1 Å². The molecule has 29 heavy (non-hydrogen) atoms. The Kier molecular flexibility index (Phi) is 5.33. The van der Waals surface area contributed by atoms with Crippen molar-refractivity contribution in [2.24, 2.45) is 0 Å². The van der Waals surface area contributed by atoms with E-state index in [0.717, 1.165) is 11.1 Å². The van der Waals surface area contributed by atoms with Crippen LogP contribution in [0.15, 0.2) is 18.2 Å². The summed E-state index contributed by atoms with van der Waals surface area (Å²) in [6.07, 6.45) is -3.59. The number of carbonyl (C=O) groups excluding carboxylic acids is 3. The van der Waals surface area contributed by atoms with Crippen molar-refractivity contribution in [3.05, 3.63) is 34.9 Å². The average molecular weight is 409 g/mol. The van der Waals surface area contributed by atoms with Gasteiger partial charge in [0.2, 0.25) is 18.1 Å². The van der Waals surface area contributed by atoms with Gasteiger partial charge in [0.05, 0.1) is 0 Å². The normalized spacial score (nSPS) is 24.8. The van der Waals surface area contributed by atoms with Crippen LogP contribution in [0, 0.1) is 0 Å². The number of carbonyl (C=O) groups is 3. The van der Waals surface area contributed by atoms with Crippen molar-refractivity contribution in [1.29, 1.82) is 0 Å². The van der Waals surface area contributed by atoms with Crippen molar-refractivity contribution in [3.8, 4) is 0 Å². The third-order valence-electron chi connectivity index (χ3n) is 6.11. The molecule has 2 unspecified atom stereocenters. The van der Waals surface area contributed by atoms with Crippen molar-refractivity contribution < 1.29 is 27.6 Å². The fraction of sp³-hybridized carbons (Fsp3) is 0.550. The molecule has 2 atom stereocenters. The number of benzene rings is 1. The number of amides is 3. The van der Waals surface area contributed by atoms with E-state index in [9.17, 15) is 27.6 Å². The highest BCUT2D eigenvalue weighted by Crippen LogP contribution is 2.34. The first-order valence-corrected chi connectivity index (χ1v) is 9.79. The lowest BCUT2D eigenvalue weighted by atomic mass is 9.88. The number of piperidine rings is 2. The molecule has 1 aromatic carbocycles. The largest absolute Gasteiger partial charge is 0.322 e. The maximum Gasteiger partial charge on any atom is 0.282 e. The predicted octanol–water partition coefficient (Wildman–Crippen LogP) is 2.19. The second-order valence-corrected chi connectivity index (χ2v) is 7.83. The molecule has 6 nitrogen and oxygen atoms in total. The molecule has 4 rings (SSSR count). The number of rotatable bonds is 4. The molecular formula is C20H22F3N3O3. The van der Waals surface area contributed by atoms with Crippen LogP contribution in [0.5, 0.6) is 0 Å². The molecule has 9 heteroatoms. The minimum atomic E-state index is -3.00. The molecule has 3 aliphatic rings. The molecule has 1 N–H and O–H groups in total. The van der Waals surface area contributed by atoms with E-state index in [-0.39, 0.29) is 37.2 Å². The fourth-order valence-corrected chi connectivity index (χ4v) is 4.49. The number of alkyl halides is 3. The minimum Gasteiger partial charge on any atom is -0.322 e. The number of nitrogens with one attached hydrogen (secondary N) is 1. The summed E-state index contributed by atoms with van der Waals surface area (Å²) in [7, 11) is 0. The summed E-state index contributed by atoms with van der Waals surface area (Å²) in [5.41, 5.74) is 2.35. The van der Waals surface area contributed by atoms with Crippen molar-refractivity contribution >= 4 is 17.7 Å². The summed E-state index contributed by atoms with van der Waals surface area (Å²) in [5.74, 6) is -0.893. The van der Waals surface area contributed by atoms with Gasteiger partial charge in [0.25, 0.3) is 12.3 Å². The van der Waals surface area contributed by atoms with Crippen molar-refractivity contribution in [1.82, 2.24) is 15.1 Å². The lowest BCUT2D eigenvalue weighted by molar-refractivity contribution is -0.136. The molecule has 0 spiro atoms.